The molecule has 0 amide bonds. The van der Waals surface area contributed by atoms with Gasteiger partial charge in [-0.3, -0.25) is 0 Å². The van der Waals surface area contributed by atoms with Gasteiger partial charge in [0, 0.05) is 6.07 Å². The van der Waals surface area contributed by atoms with Crippen molar-refractivity contribution in [3.8, 4) is 11.5 Å². The van der Waals surface area contributed by atoms with Gasteiger partial charge >= 0.3 is 0 Å². The second-order valence-electron chi connectivity index (χ2n) is 7.64. The van der Waals surface area contributed by atoms with Crippen LogP contribution in [-0.4, -0.2) is 14.2 Å². The van der Waals surface area contributed by atoms with E-state index in [2.05, 4.69) is 90.6 Å². The van der Waals surface area contributed by atoms with E-state index in [9.17, 15) is 0 Å². The second-order valence-corrected chi connectivity index (χ2v) is 7.64. The molecule has 0 aliphatic carbocycles. The topological polar surface area (TPSA) is 22.3 Å². The third kappa shape index (κ3) is 3.69. The molecule has 0 fully saturated rings. The van der Waals surface area contributed by atoms with Crippen LogP contribution in [0.4, 0.5) is 0 Å². The molecule has 156 valence electrons. The van der Waals surface area contributed by atoms with Gasteiger partial charge in [0.1, 0.15) is 7.05 Å². The number of nitrogens with zero attached hydrogens (tertiary/aromatic N) is 1. The molecule has 0 spiro atoms. The first-order valence-corrected chi connectivity index (χ1v) is 10.1. The van der Waals surface area contributed by atoms with E-state index in [1.54, 1.807) is 14.2 Å². The highest BCUT2D eigenvalue weighted by Crippen LogP contribution is 2.35. The Morgan fingerprint density at radius 2 is 1.23 bits per heavy atom. The Bertz CT molecular complexity index is 1360. The Kier molecular flexibility index (Phi) is 6.01. The lowest BCUT2D eigenvalue weighted by molar-refractivity contribution is -0.677. The van der Waals surface area contributed by atoms with Gasteiger partial charge in [0.2, 0.25) is 0 Å². The molecule has 5 aromatic rings. The van der Waals surface area contributed by atoms with Gasteiger partial charge in [0.15, 0.2) is 23.4 Å². The lowest BCUT2D eigenvalue weighted by Crippen LogP contribution is -3.00. The van der Waals surface area contributed by atoms with E-state index in [0.717, 1.165) is 23.3 Å². The molecule has 4 aromatic carbocycles. The Labute approximate surface area is 199 Å². The highest BCUT2D eigenvalue weighted by atomic mass is 127. The standard InChI is InChI=1S/C27H24NO2.HI/c1-28-13-12-20-15-26(29-2)27(30-3)17-23(20)25(28)16-24-21-10-6-4-8-18(21)14-19-9-5-7-11-22(19)24;/h4-15,17H,16H2,1-3H3;1H/q+1;/p-1. The van der Waals surface area contributed by atoms with Crippen molar-refractivity contribution in [1.82, 2.24) is 0 Å². The molecule has 0 saturated heterocycles. The fourth-order valence-electron chi connectivity index (χ4n) is 4.44. The van der Waals surface area contributed by atoms with Gasteiger partial charge in [-0.1, -0.05) is 48.5 Å². The lowest BCUT2D eigenvalue weighted by atomic mass is 9.92. The number of halogens is 1. The molecule has 3 nitrogen and oxygen atoms in total. The number of aryl methyl sites for hydroxylation is 1. The van der Waals surface area contributed by atoms with Crippen molar-refractivity contribution in [1.29, 1.82) is 0 Å². The zero-order valence-electron chi connectivity index (χ0n) is 17.9. The van der Waals surface area contributed by atoms with Crippen LogP contribution in [-0.2, 0) is 13.5 Å². The molecule has 0 bridgehead atoms. The van der Waals surface area contributed by atoms with Crippen LogP contribution in [0.3, 0.4) is 0 Å². The van der Waals surface area contributed by atoms with E-state index >= 15 is 0 Å². The Balaban J connectivity index is 0.00000231. The number of ether oxygens (including phenoxy) is 2. The van der Waals surface area contributed by atoms with Gasteiger partial charge in [-0.25, -0.2) is 4.57 Å². The van der Waals surface area contributed by atoms with Gasteiger partial charge < -0.3 is 33.5 Å². The van der Waals surface area contributed by atoms with Crippen LogP contribution in [0.1, 0.15) is 11.3 Å². The SMILES string of the molecule is COc1cc2cc[n+](C)c(Cc3c4ccccc4cc4ccccc34)c2cc1OC.[I-]. The molecule has 1 aromatic heterocycles. The monoisotopic (exact) mass is 521 g/mol. The van der Waals surface area contributed by atoms with Crippen molar-refractivity contribution in [2.24, 2.45) is 7.05 Å². The molecule has 4 heteroatoms. The van der Waals surface area contributed by atoms with Crippen LogP contribution < -0.4 is 38.0 Å². The summed E-state index contributed by atoms with van der Waals surface area (Å²) in [5.41, 5.74) is 2.59. The summed E-state index contributed by atoms with van der Waals surface area (Å²) in [5, 5.41) is 7.46. The predicted molar refractivity (Wildman–Crippen MR) is 122 cm³/mol. The van der Waals surface area contributed by atoms with Gasteiger partial charge in [0.05, 0.1) is 26.0 Å². The van der Waals surface area contributed by atoms with Crippen LogP contribution in [0.2, 0.25) is 0 Å². The smallest absolute Gasteiger partial charge is 0.193 e. The zero-order chi connectivity index (χ0) is 20.7. The van der Waals surface area contributed by atoms with Crippen molar-refractivity contribution in [3.63, 3.8) is 0 Å². The van der Waals surface area contributed by atoms with E-state index in [1.807, 2.05) is 0 Å². The third-order valence-corrected chi connectivity index (χ3v) is 6.00. The Hall–Kier alpha value is -2.86. The first kappa shape index (κ1) is 21.4. The normalized spacial score (nSPS) is 10.9. The van der Waals surface area contributed by atoms with Gasteiger partial charge in [-0.15, -0.1) is 0 Å². The fraction of sp³-hybridized carbons (Fsp3) is 0.148. The third-order valence-electron chi connectivity index (χ3n) is 6.00. The van der Waals surface area contributed by atoms with Gasteiger partial charge in [-0.2, -0.15) is 0 Å². The molecular formula is C27H24INO2. The lowest BCUT2D eigenvalue weighted by Gasteiger charge is -2.13. The average Bonchev–Trinajstić information content (AvgIpc) is 2.79. The summed E-state index contributed by atoms with van der Waals surface area (Å²) in [6, 6.07) is 25.9. The number of fused-ring (bicyclic) bond motifs is 3. The van der Waals surface area contributed by atoms with Gasteiger partial charge in [0.25, 0.3) is 0 Å². The van der Waals surface area contributed by atoms with Crippen molar-refractivity contribution in [2.45, 2.75) is 6.42 Å². The molecule has 5 rings (SSSR count). The van der Waals surface area contributed by atoms with E-state index in [4.69, 9.17) is 9.47 Å². The van der Waals surface area contributed by atoms with E-state index in [0.29, 0.717) is 0 Å². The number of pyridine rings is 1. The number of methoxy groups -OCH3 is 2. The summed E-state index contributed by atoms with van der Waals surface area (Å²) in [6.45, 7) is 0. The summed E-state index contributed by atoms with van der Waals surface area (Å²) in [7, 11) is 5.47. The van der Waals surface area contributed by atoms with Crippen LogP contribution in [0.25, 0.3) is 32.3 Å². The number of hydrogen-bond donors (Lipinski definition) is 0. The highest BCUT2D eigenvalue weighted by Gasteiger charge is 2.19. The largest absolute Gasteiger partial charge is 1.00 e. The zero-order valence-corrected chi connectivity index (χ0v) is 20.0. The molecule has 0 aliphatic heterocycles. The number of rotatable bonds is 4. The minimum atomic E-state index is 0. The summed E-state index contributed by atoms with van der Waals surface area (Å²) >= 11 is 0. The number of aromatic nitrogens is 1. The number of benzene rings is 4. The molecule has 0 saturated carbocycles. The van der Waals surface area contributed by atoms with Crippen molar-refractivity contribution in [2.75, 3.05) is 14.2 Å². The molecule has 0 N–H and O–H groups in total. The van der Waals surface area contributed by atoms with Crippen molar-refractivity contribution < 1.29 is 38.0 Å². The minimum Gasteiger partial charge on any atom is -1.00 e. The predicted octanol–water partition coefficient (Wildman–Crippen LogP) is 2.58. The maximum Gasteiger partial charge on any atom is 0.193 e. The second kappa shape index (κ2) is 8.71. The van der Waals surface area contributed by atoms with E-state index in [-0.39, 0.29) is 24.0 Å². The molecule has 0 unspecified atom stereocenters. The molecule has 0 aliphatic rings. The summed E-state index contributed by atoms with van der Waals surface area (Å²) in [4.78, 5) is 0. The fourth-order valence-corrected chi connectivity index (χ4v) is 4.44. The van der Waals surface area contributed by atoms with Crippen LogP contribution >= 0.6 is 0 Å². The van der Waals surface area contributed by atoms with Crippen LogP contribution in [0.5, 0.6) is 11.5 Å². The first-order valence-electron chi connectivity index (χ1n) is 10.1. The molecule has 1 heterocycles. The maximum atomic E-state index is 5.60. The van der Waals surface area contributed by atoms with Gasteiger partial charge in [-0.05, 0) is 50.7 Å². The summed E-state index contributed by atoms with van der Waals surface area (Å²) in [6.07, 6.45) is 2.95. The summed E-state index contributed by atoms with van der Waals surface area (Å²) < 4.78 is 13.3. The Morgan fingerprint density at radius 3 is 1.84 bits per heavy atom. The minimum absolute atomic E-state index is 0. The van der Waals surface area contributed by atoms with E-state index in [1.165, 1.54) is 38.2 Å². The molecule has 31 heavy (non-hydrogen) atoms. The van der Waals surface area contributed by atoms with Crippen LogP contribution in [0, 0.1) is 0 Å². The molecular weight excluding hydrogens is 497 g/mol. The average molecular weight is 521 g/mol. The maximum absolute atomic E-state index is 5.60. The quantitative estimate of drug-likeness (QED) is 0.206. The highest BCUT2D eigenvalue weighted by molar-refractivity contribution is 6.02. The molecule has 0 atom stereocenters. The Morgan fingerprint density at radius 1 is 0.677 bits per heavy atom. The van der Waals surface area contributed by atoms with Crippen molar-refractivity contribution in [3.05, 3.63) is 90.3 Å². The van der Waals surface area contributed by atoms with Crippen molar-refractivity contribution >= 4 is 32.3 Å². The molecule has 0 radical (unpaired) electrons. The van der Waals surface area contributed by atoms with E-state index < -0.39 is 0 Å². The number of hydrogen-bond acceptors (Lipinski definition) is 2. The summed E-state index contributed by atoms with van der Waals surface area (Å²) in [5.74, 6) is 1.50. The first-order chi connectivity index (χ1) is 14.7. The van der Waals surface area contributed by atoms with Crippen LogP contribution in [0.15, 0.2) is 79.0 Å².